The van der Waals surface area contributed by atoms with E-state index < -0.39 is 11.7 Å². The van der Waals surface area contributed by atoms with Crippen molar-refractivity contribution in [2.45, 2.75) is 32.9 Å². The quantitative estimate of drug-likeness (QED) is 0.814. The number of amides is 1. The number of hydrogen-bond acceptors (Lipinski definition) is 4. The first-order valence-electron chi connectivity index (χ1n) is 5.28. The molecule has 0 unspecified atom stereocenters. The highest BCUT2D eigenvalue weighted by atomic mass is 16.6. The molecule has 0 aliphatic rings. The third kappa shape index (κ3) is 5.10. The Hall–Kier alpha value is -1.91. The Labute approximate surface area is 100 Å². The number of carbonyl (C=O) groups excluding carboxylic acids is 2. The highest BCUT2D eigenvalue weighted by Crippen LogP contribution is 2.06. The molecule has 0 aromatic carbocycles. The lowest BCUT2D eigenvalue weighted by atomic mass is 10.2. The molecular weight excluding hydrogens is 220 g/mol. The third-order valence-electron chi connectivity index (χ3n) is 1.79. The smallest absolute Gasteiger partial charge is 0.407 e. The monoisotopic (exact) mass is 236 g/mol. The first kappa shape index (κ1) is 13.2. The van der Waals surface area contributed by atoms with Crippen LogP contribution in [0.1, 0.15) is 36.8 Å². The summed E-state index contributed by atoms with van der Waals surface area (Å²) in [5.74, 6) is 0. The fourth-order valence-electron chi connectivity index (χ4n) is 1.14. The molecule has 5 nitrogen and oxygen atoms in total. The second-order valence-electron chi connectivity index (χ2n) is 4.55. The van der Waals surface area contributed by atoms with Crippen molar-refractivity contribution in [3.63, 3.8) is 0 Å². The molecule has 0 aliphatic heterocycles. The maximum atomic E-state index is 11.4. The molecule has 92 valence electrons. The van der Waals surface area contributed by atoms with Crippen molar-refractivity contribution in [1.29, 1.82) is 0 Å². The molecule has 17 heavy (non-hydrogen) atoms. The molecule has 1 aromatic rings. The van der Waals surface area contributed by atoms with Crippen molar-refractivity contribution >= 4 is 12.4 Å². The predicted octanol–water partition coefficient (Wildman–Crippen LogP) is 1.92. The van der Waals surface area contributed by atoms with Gasteiger partial charge in [-0.3, -0.25) is 9.78 Å². The van der Waals surface area contributed by atoms with Crippen molar-refractivity contribution in [3.05, 3.63) is 29.6 Å². The van der Waals surface area contributed by atoms with Crippen LogP contribution in [0.5, 0.6) is 0 Å². The Morgan fingerprint density at radius 3 is 2.82 bits per heavy atom. The van der Waals surface area contributed by atoms with E-state index in [1.807, 2.05) is 0 Å². The van der Waals surface area contributed by atoms with E-state index in [-0.39, 0.29) is 6.54 Å². The molecule has 0 saturated heterocycles. The van der Waals surface area contributed by atoms with Crippen LogP contribution in [0.2, 0.25) is 0 Å². The van der Waals surface area contributed by atoms with Gasteiger partial charge in [-0.2, -0.15) is 0 Å². The highest BCUT2D eigenvalue weighted by molar-refractivity contribution is 5.74. The summed E-state index contributed by atoms with van der Waals surface area (Å²) in [5.41, 5.74) is 0.615. The Morgan fingerprint density at radius 1 is 1.53 bits per heavy atom. The van der Waals surface area contributed by atoms with Gasteiger partial charge in [0.15, 0.2) is 0 Å². The van der Waals surface area contributed by atoms with Crippen molar-refractivity contribution in [3.8, 4) is 0 Å². The molecule has 1 amide bonds. The number of alkyl carbamates (subject to hydrolysis) is 1. The summed E-state index contributed by atoms with van der Waals surface area (Å²) in [4.78, 5) is 25.9. The van der Waals surface area contributed by atoms with Crippen molar-refractivity contribution in [1.82, 2.24) is 10.3 Å². The number of aldehydes is 1. The van der Waals surface area contributed by atoms with Gasteiger partial charge in [0, 0.05) is 11.8 Å². The van der Waals surface area contributed by atoms with E-state index in [0.717, 1.165) is 6.29 Å². The number of nitrogens with zero attached hydrogens (tertiary/aromatic N) is 1. The first-order valence-corrected chi connectivity index (χ1v) is 5.28. The Bertz CT molecular complexity index is 410. The van der Waals surface area contributed by atoms with E-state index in [4.69, 9.17) is 4.74 Å². The summed E-state index contributed by atoms with van der Waals surface area (Å²) in [6.45, 7) is 5.60. The Kier molecular flexibility index (Phi) is 4.20. The fourth-order valence-corrected chi connectivity index (χ4v) is 1.14. The van der Waals surface area contributed by atoms with Gasteiger partial charge < -0.3 is 10.1 Å². The van der Waals surface area contributed by atoms with Crippen LogP contribution in [0, 0.1) is 0 Å². The van der Waals surface area contributed by atoms with Crippen LogP contribution in [0.25, 0.3) is 0 Å². The van der Waals surface area contributed by atoms with E-state index in [2.05, 4.69) is 10.3 Å². The number of aromatic nitrogens is 1. The minimum Gasteiger partial charge on any atom is -0.444 e. The minimum atomic E-state index is -0.526. The topological polar surface area (TPSA) is 68.3 Å². The molecule has 0 radical (unpaired) electrons. The van der Waals surface area contributed by atoms with Gasteiger partial charge in [0.05, 0.1) is 12.2 Å². The molecule has 1 aromatic heterocycles. The summed E-state index contributed by atoms with van der Waals surface area (Å²) in [5, 5.41) is 2.57. The van der Waals surface area contributed by atoms with E-state index in [1.54, 1.807) is 32.9 Å². The van der Waals surface area contributed by atoms with Gasteiger partial charge in [-0.05, 0) is 32.9 Å². The molecule has 0 atom stereocenters. The summed E-state index contributed by atoms with van der Waals surface area (Å²) in [6, 6.07) is 3.22. The number of pyridine rings is 1. The molecule has 1 heterocycles. The zero-order chi connectivity index (χ0) is 12.9. The maximum Gasteiger partial charge on any atom is 0.407 e. The number of hydrogen-bond donors (Lipinski definition) is 1. The van der Waals surface area contributed by atoms with Crippen LogP contribution in [-0.4, -0.2) is 23.0 Å². The highest BCUT2D eigenvalue weighted by Gasteiger charge is 2.15. The predicted molar refractivity (Wildman–Crippen MR) is 62.7 cm³/mol. The van der Waals surface area contributed by atoms with Crippen molar-refractivity contribution in [2.75, 3.05) is 0 Å². The molecule has 5 heteroatoms. The number of rotatable bonds is 3. The maximum absolute atomic E-state index is 11.4. The largest absolute Gasteiger partial charge is 0.444 e. The lowest BCUT2D eigenvalue weighted by Gasteiger charge is -2.19. The summed E-state index contributed by atoms with van der Waals surface area (Å²) in [6.07, 6.45) is 1.75. The standard InChI is InChI=1S/C12H16N2O3/c1-12(2,3)17-11(16)14-7-10-6-9(8-15)4-5-13-10/h4-6,8H,7H2,1-3H3,(H,14,16). The zero-order valence-corrected chi connectivity index (χ0v) is 10.2. The molecule has 0 bridgehead atoms. The molecule has 0 spiro atoms. The average molecular weight is 236 g/mol. The lowest BCUT2D eigenvalue weighted by Crippen LogP contribution is -2.32. The van der Waals surface area contributed by atoms with E-state index in [0.29, 0.717) is 11.3 Å². The van der Waals surface area contributed by atoms with Crippen LogP contribution in [0.3, 0.4) is 0 Å². The second kappa shape index (κ2) is 5.43. The van der Waals surface area contributed by atoms with Gasteiger partial charge >= 0.3 is 6.09 Å². The van der Waals surface area contributed by atoms with Gasteiger partial charge in [-0.25, -0.2) is 4.79 Å². The molecule has 0 fully saturated rings. The fraction of sp³-hybridized carbons (Fsp3) is 0.417. The van der Waals surface area contributed by atoms with E-state index in [9.17, 15) is 9.59 Å². The van der Waals surface area contributed by atoms with Crippen molar-refractivity contribution < 1.29 is 14.3 Å². The molecule has 1 N–H and O–H groups in total. The lowest BCUT2D eigenvalue weighted by molar-refractivity contribution is 0.0523. The van der Waals surface area contributed by atoms with Crippen LogP contribution < -0.4 is 5.32 Å². The third-order valence-corrected chi connectivity index (χ3v) is 1.79. The number of nitrogens with one attached hydrogen (secondary N) is 1. The summed E-state index contributed by atoms with van der Waals surface area (Å²) in [7, 11) is 0. The van der Waals surface area contributed by atoms with Crippen molar-refractivity contribution in [2.24, 2.45) is 0 Å². The van der Waals surface area contributed by atoms with Crippen LogP contribution in [-0.2, 0) is 11.3 Å². The zero-order valence-electron chi connectivity index (χ0n) is 10.2. The average Bonchev–Trinajstić information content (AvgIpc) is 2.24. The number of carbonyl (C=O) groups is 2. The van der Waals surface area contributed by atoms with Gasteiger partial charge in [0.25, 0.3) is 0 Å². The number of ether oxygens (including phenoxy) is 1. The van der Waals surface area contributed by atoms with E-state index >= 15 is 0 Å². The molecule has 0 aliphatic carbocycles. The normalized spacial score (nSPS) is 10.8. The Balaban J connectivity index is 2.50. The van der Waals surface area contributed by atoms with Gasteiger partial charge in [-0.1, -0.05) is 0 Å². The first-order chi connectivity index (χ1) is 7.90. The molecule has 1 rings (SSSR count). The van der Waals surface area contributed by atoms with Gasteiger partial charge in [0.2, 0.25) is 0 Å². The van der Waals surface area contributed by atoms with E-state index in [1.165, 1.54) is 6.20 Å². The van der Waals surface area contributed by atoms with Crippen LogP contribution in [0.4, 0.5) is 4.79 Å². The second-order valence-corrected chi connectivity index (χ2v) is 4.55. The SMILES string of the molecule is CC(C)(C)OC(=O)NCc1cc(C=O)ccn1. The van der Waals surface area contributed by atoms with Crippen LogP contribution >= 0.6 is 0 Å². The van der Waals surface area contributed by atoms with Gasteiger partial charge in [0.1, 0.15) is 11.9 Å². The molecule has 0 saturated carbocycles. The summed E-state index contributed by atoms with van der Waals surface area (Å²) >= 11 is 0. The minimum absolute atomic E-state index is 0.233. The summed E-state index contributed by atoms with van der Waals surface area (Å²) < 4.78 is 5.07. The van der Waals surface area contributed by atoms with Gasteiger partial charge in [-0.15, -0.1) is 0 Å². The Morgan fingerprint density at radius 2 is 2.24 bits per heavy atom. The van der Waals surface area contributed by atoms with Crippen LogP contribution in [0.15, 0.2) is 18.3 Å². The molecular formula is C12H16N2O3.